The van der Waals surface area contributed by atoms with Crippen LogP contribution in [-0.2, 0) is 4.79 Å². The minimum atomic E-state index is 0. The van der Waals surface area contributed by atoms with Gasteiger partial charge in [-0.05, 0) is 62.6 Å². The second kappa shape index (κ2) is 17.0. The van der Waals surface area contributed by atoms with Gasteiger partial charge in [-0.2, -0.15) is 0 Å². The fraction of sp³-hybridized carbons (Fsp3) is 0.267. The highest BCUT2D eigenvalue weighted by Gasteiger charge is 2.25. The van der Waals surface area contributed by atoms with Gasteiger partial charge in [0.15, 0.2) is 5.13 Å². The van der Waals surface area contributed by atoms with Gasteiger partial charge in [-0.25, -0.2) is 9.97 Å². The van der Waals surface area contributed by atoms with Crippen molar-refractivity contribution in [1.29, 1.82) is 0 Å². The Kier molecular flexibility index (Phi) is 14.1. The van der Waals surface area contributed by atoms with Crippen molar-refractivity contribution in [3.63, 3.8) is 0 Å². The number of anilines is 2. The van der Waals surface area contributed by atoms with Crippen LogP contribution in [-0.4, -0.2) is 64.4 Å². The summed E-state index contributed by atoms with van der Waals surface area (Å²) in [5, 5.41) is 8.57. The topological polar surface area (TPSA) is 74.2 Å². The number of pyridine rings is 2. The predicted molar refractivity (Wildman–Crippen MR) is 193 cm³/mol. The molecule has 234 valence electrons. The second-order valence-corrected chi connectivity index (χ2v) is 14.1. The third kappa shape index (κ3) is 9.01. The second-order valence-electron chi connectivity index (χ2n) is 10.1. The Labute approximate surface area is 292 Å². The molecule has 0 unspecified atom stereocenters. The highest BCUT2D eigenvalue weighted by molar-refractivity contribution is 8.00. The Balaban J connectivity index is 0.00000176. The SMILES string of the molecule is CN(C)CC(=O)N1CCC(c2csc(Nc3ncc(Sc4ccnc5ccsc45)cc3Sc3ccccc3)n2)CC1.Cl.Cl.Cl. The largest absolute Gasteiger partial charge is 0.342 e. The number of carbonyl (C=O) groups is 1. The first-order valence-corrected chi connectivity index (χ1v) is 16.8. The summed E-state index contributed by atoms with van der Waals surface area (Å²) in [5.41, 5.74) is 2.12. The molecule has 1 N–H and O–H groups in total. The van der Waals surface area contributed by atoms with Gasteiger partial charge in [0.1, 0.15) is 5.82 Å². The van der Waals surface area contributed by atoms with E-state index in [-0.39, 0.29) is 43.1 Å². The molecule has 1 aromatic carbocycles. The highest BCUT2D eigenvalue weighted by Crippen LogP contribution is 2.41. The van der Waals surface area contributed by atoms with Crippen molar-refractivity contribution in [1.82, 2.24) is 24.8 Å². The third-order valence-electron chi connectivity index (χ3n) is 6.80. The first kappa shape index (κ1) is 36.4. The zero-order valence-corrected chi connectivity index (χ0v) is 29.8. The molecular weight excluding hydrogens is 695 g/mol. The van der Waals surface area contributed by atoms with Crippen molar-refractivity contribution in [3.8, 4) is 0 Å². The van der Waals surface area contributed by atoms with Crippen LogP contribution < -0.4 is 5.32 Å². The Hall–Kier alpha value is -2.09. The number of nitrogens with zero attached hydrogens (tertiary/aromatic N) is 5. The maximum Gasteiger partial charge on any atom is 0.236 e. The lowest BCUT2D eigenvalue weighted by molar-refractivity contribution is -0.132. The Morgan fingerprint density at radius 2 is 1.73 bits per heavy atom. The fourth-order valence-corrected chi connectivity index (χ4v) is 8.44. The zero-order chi connectivity index (χ0) is 28.2. The highest BCUT2D eigenvalue weighted by atomic mass is 35.5. The van der Waals surface area contributed by atoms with Gasteiger partial charge < -0.3 is 15.1 Å². The van der Waals surface area contributed by atoms with Gasteiger partial charge in [-0.15, -0.1) is 59.9 Å². The Morgan fingerprint density at radius 1 is 0.977 bits per heavy atom. The molecule has 1 amide bonds. The van der Waals surface area contributed by atoms with Crippen molar-refractivity contribution < 1.29 is 4.79 Å². The summed E-state index contributed by atoms with van der Waals surface area (Å²) in [6.45, 7) is 2.03. The summed E-state index contributed by atoms with van der Waals surface area (Å²) in [5.74, 6) is 1.36. The molecule has 5 heterocycles. The van der Waals surface area contributed by atoms with E-state index in [9.17, 15) is 4.79 Å². The van der Waals surface area contributed by atoms with Gasteiger partial charge in [-0.3, -0.25) is 9.78 Å². The number of thiazole rings is 1. The maximum atomic E-state index is 12.4. The quantitative estimate of drug-likeness (QED) is 0.162. The van der Waals surface area contributed by atoms with E-state index >= 15 is 0 Å². The van der Waals surface area contributed by atoms with Crippen molar-refractivity contribution in [3.05, 3.63) is 77.4 Å². The summed E-state index contributed by atoms with van der Waals surface area (Å²) in [7, 11) is 3.87. The number of fused-ring (bicyclic) bond motifs is 1. The molecule has 1 saturated heterocycles. The molecule has 44 heavy (non-hydrogen) atoms. The number of hydrogen-bond donors (Lipinski definition) is 1. The van der Waals surface area contributed by atoms with Crippen LogP contribution in [0.2, 0.25) is 0 Å². The molecule has 6 rings (SSSR count). The number of hydrogen-bond acceptors (Lipinski definition) is 10. The number of likely N-dealkylation sites (tertiary alicyclic amines) is 1. The molecule has 14 heteroatoms. The average molecular weight is 728 g/mol. The molecule has 0 bridgehead atoms. The molecule has 1 aliphatic rings. The molecule has 5 aromatic rings. The average Bonchev–Trinajstić information content (AvgIpc) is 3.65. The summed E-state index contributed by atoms with van der Waals surface area (Å²) in [6, 6.07) is 16.7. The fourth-order valence-electron chi connectivity index (χ4n) is 4.75. The number of halogens is 3. The van der Waals surface area contributed by atoms with E-state index in [1.54, 1.807) is 46.2 Å². The minimum Gasteiger partial charge on any atom is -0.342 e. The number of thiophene rings is 1. The third-order valence-corrected chi connectivity index (χ3v) is 10.7. The van der Waals surface area contributed by atoms with Gasteiger partial charge in [-0.1, -0.05) is 41.7 Å². The van der Waals surface area contributed by atoms with Gasteiger partial charge in [0.2, 0.25) is 5.91 Å². The van der Waals surface area contributed by atoms with Crippen LogP contribution in [0.4, 0.5) is 10.9 Å². The van der Waals surface area contributed by atoms with E-state index in [1.807, 2.05) is 42.4 Å². The molecule has 1 fully saturated rings. The van der Waals surface area contributed by atoms with Crippen LogP contribution in [0.1, 0.15) is 24.5 Å². The summed E-state index contributed by atoms with van der Waals surface area (Å²) in [6.07, 6.45) is 5.67. The standard InChI is InChI=1S/C30H30N6OS4.3ClH/c1-35(2)18-27(37)36-13-9-20(10-14-36)24-19-39-30(33-24)34-29-26(40-21-6-4-3-5-7-21)16-22(17-32-29)41-25-8-12-31-23-11-15-38-28(23)25;;;/h3-8,11-12,15-17,19-20H,9-10,13-14,18H2,1-2H3,(H,32,33,34);3*1H. The number of likely N-dealkylation sites (N-methyl/N-ethyl adjacent to an activating group) is 1. The Morgan fingerprint density at radius 3 is 2.48 bits per heavy atom. The lowest BCUT2D eigenvalue weighted by Gasteiger charge is -2.32. The van der Waals surface area contributed by atoms with E-state index in [2.05, 4.69) is 63.5 Å². The molecule has 4 aromatic heterocycles. The number of aromatic nitrogens is 3. The van der Waals surface area contributed by atoms with E-state index in [0.29, 0.717) is 12.5 Å². The van der Waals surface area contributed by atoms with E-state index in [0.717, 1.165) is 62.8 Å². The summed E-state index contributed by atoms with van der Waals surface area (Å²) in [4.78, 5) is 35.1. The number of amides is 1. The van der Waals surface area contributed by atoms with Gasteiger partial charge >= 0.3 is 0 Å². The van der Waals surface area contributed by atoms with Crippen LogP contribution in [0.3, 0.4) is 0 Å². The minimum absolute atomic E-state index is 0. The van der Waals surface area contributed by atoms with E-state index < -0.39 is 0 Å². The number of benzene rings is 1. The van der Waals surface area contributed by atoms with Gasteiger partial charge in [0.25, 0.3) is 0 Å². The van der Waals surface area contributed by atoms with Crippen LogP contribution in [0.25, 0.3) is 10.2 Å². The first-order chi connectivity index (χ1) is 20.0. The van der Waals surface area contributed by atoms with Gasteiger partial charge in [0.05, 0.1) is 27.4 Å². The molecule has 7 nitrogen and oxygen atoms in total. The zero-order valence-electron chi connectivity index (χ0n) is 24.0. The van der Waals surface area contributed by atoms with Crippen LogP contribution >= 0.6 is 83.4 Å². The van der Waals surface area contributed by atoms with Crippen molar-refractivity contribution in [2.24, 2.45) is 0 Å². The van der Waals surface area contributed by atoms with E-state index in [1.165, 1.54) is 9.60 Å². The van der Waals surface area contributed by atoms with Crippen LogP contribution in [0.15, 0.2) is 91.3 Å². The molecule has 0 atom stereocenters. The van der Waals surface area contributed by atoms with E-state index in [4.69, 9.17) is 9.97 Å². The predicted octanol–water partition coefficient (Wildman–Crippen LogP) is 8.73. The van der Waals surface area contributed by atoms with Crippen molar-refractivity contribution in [2.75, 3.05) is 39.0 Å². The van der Waals surface area contributed by atoms with Crippen LogP contribution in [0, 0.1) is 0 Å². The molecular formula is C30H33Cl3N6OS4. The lowest BCUT2D eigenvalue weighted by atomic mass is 9.94. The van der Waals surface area contributed by atoms with Crippen molar-refractivity contribution in [2.45, 2.75) is 38.3 Å². The molecule has 0 saturated carbocycles. The molecule has 0 aliphatic carbocycles. The number of piperidine rings is 1. The summed E-state index contributed by atoms with van der Waals surface area (Å²) >= 11 is 6.73. The number of carbonyl (C=O) groups excluding carboxylic acids is 1. The van der Waals surface area contributed by atoms with Crippen molar-refractivity contribution >= 4 is 110 Å². The maximum absolute atomic E-state index is 12.4. The Bertz CT molecular complexity index is 1640. The molecule has 0 spiro atoms. The lowest BCUT2D eigenvalue weighted by Crippen LogP contribution is -2.42. The summed E-state index contributed by atoms with van der Waals surface area (Å²) < 4.78 is 1.19. The normalized spacial score (nSPS) is 13.2. The number of nitrogens with one attached hydrogen (secondary N) is 1. The molecule has 0 radical (unpaired) electrons. The van der Waals surface area contributed by atoms with Crippen LogP contribution in [0.5, 0.6) is 0 Å². The smallest absolute Gasteiger partial charge is 0.236 e. The first-order valence-electron chi connectivity index (χ1n) is 13.4. The molecule has 1 aliphatic heterocycles. The monoisotopic (exact) mass is 726 g/mol. The van der Waals surface area contributed by atoms with Gasteiger partial charge in [0, 0.05) is 51.5 Å². The number of rotatable bonds is 9.